The molecule has 0 bridgehead atoms. The molecule has 1 aromatic heterocycles. The van der Waals surface area contributed by atoms with Gasteiger partial charge in [0.25, 0.3) is 0 Å². The Hall–Kier alpha value is -2.36. The van der Waals surface area contributed by atoms with Crippen LogP contribution in [0.25, 0.3) is 22.4 Å². The van der Waals surface area contributed by atoms with Crippen LogP contribution in [0.5, 0.6) is 5.75 Å². The van der Waals surface area contributed by atoms with E-state index in [4.69, 9.17) is 16.3 Å². The minimum Gasteiger partial charge on any atom is -0.492 e. The Morgan fingerprint density at radius 3 is 2.30 bits per heavy atom. The minimum atomic E-state index is 0.602. The quantitative estimate of drug-likeness (QED) is 0.370. The maximum Gasteiger partial charge on any atom is 0.122 e. The average Bonchev–Trinajstić information content (AvgIpc) is 3.69. The largest absolute Gasteiger partial charge is 0.492 e. The molecule has 1 saturated carbocycles. The molecule has 172 valence electrons. The zero-order valence-electron chi connectivity index (χ0n) is 19.7. The normalized spacial score (nSPS) is 18.3. The second-order valence-corrected chi connectivity index (χ2v) is 10.5. The molecule has 0 N–H and O–H groups in total. The van der Waals surface area contributed by atoms with E-state index < -0.39 is 0 Å². The highest BCUT2D eigenvalue weighted by molar-refractivity contribution is 6.30. The molecular weight excluding hydrogens is 428 g/mol. The number of benzene rings is 2. The smallest absolute Gasteiger partial charge is 0.122 e. The molecule has 4 heteroatoms. The third-order valence-electron chi connectivity index (χ3n) is 7.64. The van der Waals surface area contributed by atoms with Gasteiger partial charge in [-0.25, -0.2) is 0 Å². The Bertz CT molecular complexity index is 1080. The fraction of sp³-hybridized carbons (Fsp3) is 0.414. The number of likely N-dealkylation sites (tertiary alicyclic amines) is 1. The van der Waals surface area contributed by atoms with E-state index in [2.05, 4.69) is 54.1 Å². The van der Waals surface area contributed by atoms with Gasteiger partial charge in [-0.15, -0.1) is 0 Å². The maximum absolute atomic E-state index is 6.16. The van der Waals surface area contributed by atoms with Crippen molar-refractivity contribution in [1.82, 2.24) is 9.88 Å². The summed E-state index contributed by atoms with van der Waals surface area (Å²) in [6.07, 6.45) is 7.52. The molecule has 2 aromatic carbocycles. The van der Waals surface area contributed by atoms with E-state index in [-0.39, 0.29) is 0 Å². The van der Waals surface area contributed by atoms with Crippen LogP contribution < -0.4 is 4.74 Å². The van der Waals surface area contributed by atoms with Crippen LogP contribution in [0.2, 0.25) is 5.02 Å². The predicted octanol–water partition coefficient (Wildman–Crippen LogP) is 7.27. The maximum atomic E-state index is 6.16. The Labute approximate surface area is 202 Å². The first kappa shape index (κ1) is 22.4. The van der Waals surface area contributed by atoms with E-state index >= 15 is 0 Å². The molecule has 1 saturated heterocycles. The van der Waals surface area contributed by atoms with Crippen LogP contribution in [0.15, 0.2) is 60.8 Å². The van der Waals surface area contributed by atoms with Crippen molar-refractivity contribution in [2.75, 3.05) is 26.2 Å². The number of aromatic nitrogens is 1. The van der Waals surface area contributed by atoms with Gasteiger partial charge < -0.3 is 4.74 Å². The lowest BCUT2D eigenvalue weighted by atomic mass is 9.76. The van der Waals surface area contributed by atoms with Gasteiger partial charge in [-0.2, -0.15) is 0 Å². The summed E-state index contributed by atoms with van der Waals surface area (Å²) in [5.41, 5.74) is 6.03. The monoisotopic (exact) mass is 460 g/mol. The van der Waals surface area contributed by atoms with Crippen LogP contribution in [-0.2, 0) is 0 Å². The first-order valence-corrected chi connectivity index (χ1v) is 12.6. The van der Waals surface area contributed by atoms with Gasteiger partial charge in [-0.3, -0.25) is 9.88 Å². The van der Waals surface area contributed by atoms with E-state index in [1.807, 2.05) is 30.5 Å². The van der Waals surface area contributed by atoms with E-state index in [0.717, 1.165) is 57.8 Å². The zero-order chi connectivity index (χ0) is 22.8. The molecule has 0 atom stereocenters. The SMILES string of the molecule is Cc1cc(-c2ccc(-c3ccc(Cl)cc3)cn2)ccc1OCCN1CCC(C)(C2CC2)CC1. The zero-order valence-corrected chi connectivity index (χ0v) is 20.4. The van der Waals surface area contributed by atoms with Crippen LogP contribution in [-0.4, -0.2) is 36.1 Å². The van der Waals surface area contributed by atoms with Crippen molar-refractivity contribution in [3.63, 3.8) is 0 Å². The highest BCUT2D eigenvalue weighted by atomic mass is 35.5. The van der Waals surface area contributed by atoms with Crippen molar-refractivity contribution < 1.29 is 4.74 Å². The number of halogens is 1. The molecule has 3 nitrogen and oxygen atoms in total. The van der Waals surface area contributed by atoms with Crippen molar-refractivity contribution in [3.8, 4) is 28.1 Å². The molecule has 33 heavy (non-hydrogen) atoms. The lowest BCUT2D eigenvalue weighted by Crippen LogP contribution is -2.41. The number of hydrogen-bond donors (Lipinski definition) is 0. The third kappa shape index (κ3) is 5.26. The van der Waals surface area contributed by atoms with Gasteiger partial charge in [0.1, 0.15) is 12.4 Å². The lowest BCUT2D eigenvalue weighted by Gasteiger charge is -2.39. The summed E-state index contributed by atoms with van der Waals surface area (Å²) in [4.78, 5) is 7.26. The molecule has 1 aliphatic carbocycles. The molecule has 0 radical (unpaired) electrons. The minimum absolute atomic E-state index is 0.602. The Morgan fingerprint density at radius 2 is 1.67 bits per heavy atom. The first-order valence-electron chi connectivity index (χ1n) is 12.2. The molecular formula is C29H33ClN2O. The van der Waals surface area contributed by atoms with Gasteiger partial charge in [0.2, 0.25) is 0 Å². The highest BCUT2D eigenvalue weighted by Crippen LogP contribution is 2.51. The Kier molecular flexibility index (Phi) is 6.44. The van der Waals surface area contributed by atoms with Crippen LogP contribution in [0.4, 0.5) is 0 Å². The van der Waals surface area contributed by atoms with Crippen LogP contribution in [0, 0.1) is 18.3 Å². The highest BCUT2D eigenvalue weighted by Gasteiger charge is 2.42. The summed E-state index contributed by atoms with van der Waals surface area (Å²) >= 11 is 6.00. The van der Waals surface area contributed by atoms with Gasteiger partial charge >= 0.3 is 0 Å². The van der Waals surface area contributed by atoms with Crippen LogP contribution in [0.1, 0.15) is 38.2 Å². The molecule has 0 amide bonds. The number of piperidine rings is 1. The van der Waals surface area contributed by atoms with Crippen molar-refractivity contribution in [1.29, 1.82) is 0 Å². The second kappa shape index (κ2) is 9.48. The first-order chi connectivity index (χ1) is 16.0. The number of hydrogen-bond acceptors (Lipinski definition) is 3. The standard InChI is InChI=1S/C29H33ClN2O/c1-21-19-23(27-11-5-24(20-31-27)22-3-9-26(30)10-4-22)6-12-28(21)33-18-17-32-15-13-29(2,14-16-32)25-7-8-25/h3-6,9-12,19-20,25H,7-8,13-18H2,1-2H3. The fourth-order valence-electron chi connectivity index (χ4n) is 5.11. The number of aryl methyl sites for hydroxylation is 1. The average molecular weight is 461 g/mol. The van der Waals surface area contributed by atoms with Crippen molar-refractivity contribution >= 4 is 11.6 Å². The summed E-state index contributed by atoms with van der Waals surface area (Å²) in [6, 6.07) is 18.4. The number of nitrogens with zero attached hydrogens (tertiary/aromatic N) is 2. The van der Waals surface area contributed by atoms with E-state index in [0.29, 0.717) is 5.41 Å². The predicted molar refractivity (Wildman–Crippen MR) is 137 cm³/mol. The Balaban J connectivity index is 1.15. The van der Waals surface area contributed by atoms with Gasteiger partial charge in [-0.05, 0) is 105 Å². The molecule has 2 fully saturated rings. The summed E-state index contributed by atoms with van der Waals surface area (Å²) in [7, 11) is 0. The summed E-state index contributed by atoms with van der Waals surface area (Å²) in [5, 5.41) is 0.744. The number of rotatable bonds is 7. The molecule has 0 unspecified atom stereocenters. The van der Waals surface area contributed by atoms with E-state index in [9.17, 15) is 0 Å². The van der Waals surface area contributed by atoms with E-state index in [1.54, 1.807) is 0 Å². The topological polar surface area (TPSA) is 25.4 Å². The third-order valence-corrected chi connectivity index (χ3v) is 7.89. The van der Waals surface area contributed by atoms with Gasteiger partial charge in [-0.1, -0.05) is 36.7 Å². The molecule has 5 rings (SSSR count). The fourth-order valence-corrected chi connectivity index (χ4v) is 5.24. The van der Waals surface area contributed by atoms with Gasteiger partial charge in [0, 0.05) is 28.9 Å². The van der Waals surface area contributed by atoms with Crippen molar-refractivity contribution in [3.05, 3.63) is 71.4 Å². The lowest BCUT2D eigenvalue weighted by molar-refractivity contribution is 0.0884. The summed E-state index contributed by atoms with van der Waals surface area (Å²) in [6.45, 7) is 8.80. The summed E-state index contributed by atoms with van der Waals surface area (Å²) in [5.74, 6) is 1.97. The number of pyridine rings is 1. The molecule has 3 aromatic rings. The van der Waals surface area contributed by atoms with Crippen LogP contribution >= 0.6 is 11.6 Å². The molecule has 0 spiro atoms. The van der Waals surface area contributed by atoms with Gasteiger partial charge in [0.15, 0.2) is 0 Å². The number of ether oxygens (including phenoxy) is 1. The molecule has 2 aliphatic rings. The van der Waals surface area contributed by atoms with Gasteiger partial charge in [0.05, 0.1) is 5.69 Å². The van der Waals surface area contributed by atoms with Crippen molar-refractivity contribution in [2.45, 2.75) is 39.5 Å². The molecule has 2 heterocycles. The second-order valence-electron chi connectivity index (χ2n) is 10.0. The van der Waals surface area contributed by atoms with Crippen molar-refractivity contribution in [2.24, 2.45) is 11.3 Å². The van der Waals surface area contributed by atoms with Crippen LogP contribution in [0.3, 0.4) is 0 Å². The molecule has 1 aliphatic heterocycles. The van der Waals surface area contributed by atoms with E-state index in [1.165, 1.54) is 38.8 Å². The summed E-state index contributed by atoms with van der Waals surface area (Å²) < 4.78 is 6.16. The Morgan fingerprint density at radius 1 is 0.970 bits per heavy atom.